The molecule has 3 aliphatic rings. The van der Waals surface area contributed by atoms with Crippen molar-refractivity contribution in [1.29, 1.82) is 0 Å². The second kappa shape index (κ2) is 6.95. The van der Waals surface area contributed by atoms with Crippen molar-refractivity contribution in [2.75, 3.05) is 28.4 Å². The molecule has 172 valence electrons. The number of carbonyl (C=O) groups excluding carboxylic acids is 3. The molecule has 1 fully saturated rings. The number of hydrogen-bond donors (Lipinski definition) is 0. The van der Waals surface area contributed by atoms with Gasteiger partial charge in [0.1, 0.15) is 23.0 Å². The standard InChI is InChI=1S/C24H22O9/c1-23-6-7-24(33-23,22(27)31-5)18-15(32-23)10-13-17(21(18)30-4)20(26)16-12(19(13)25)8-11(28-2)9-14(16)29-3/h8-10H,6-7H2,1-5H3/t23-,24+/m0/s1. The van der Waals surface area contributed by atoms with Crippen LogP contribution in [0.1, 0.15) is 57.2 Å². The van der Waals surface area contributed by atoms with Crippen molar-refractivity contribution in [2.24, 2.45) is 0 Å². The van der Waals surface area contributed by atoms with Gasteiger partial charge in [0.2, 0.25) is 17.2 Å². The number of esters is 1. The Morgan fingerprint density at radius 1 is 0.909 bits per heavy atom. The topological polar surface area (TPSA) is 107 Å². The van der Waals surface area contributed by atoms with Gasteiger partial charge >= 0.3 is 5.97 Å². The maximum Gasteiger partial charge on any atom is 0.343 e. The van der Waals surface area contributed by atoms with E-state index in [1.807, 2.05) is 0 Å². The number of rotatable bonds is 4. The van der Waals surface area contributed by atoms with Crippen LogP contribution < -0.4 is 18.9 Å². The van der Waals surface area contributed by atoms with Gasteiger partial charge in [0.05, 0.1) is 45.1 Å². The van der Waals surface area contributed by atoms with Gasteiger partial charge in [-0.2, -0.15) is 0 Å². The normalized spacial score (nSPS) is 24.3. The van der Waals surface area contributed by atoms with Crippen molar-refractivity contribution in [3.63, 3.8) is 0 Å². The zero-order valence-electron chi connectivity index (χ0n) is 18.8. The van der Waals surface area contributed by atoms with E-state index >= 15 is 0 Å². The first-order chi connectivity index (χ1) is 15.7. The Labute approximate surface area is 189 Å². The van der Waals surface area contributed by atoms with Crippen LogP contribution >= 0.6 is 0 Å². The minimum atomic E-state index is -1.52. The Morgan fingerprint density at radius 3 is 2.27 bits per heavy atom. The lowest BCUT2D eigenvalue weighted by Gasteiger charge is -2.39. The fourth-order valence-electron chi connectivity index (χ4n) is 5.02. The molecule has 1 saturated heterocycles. The average molecular weight is 454 g/mol. The smallest absolute Gasteiger partial charge is 0.343 e. The highest BCUT2D eigenvalue weighted by molar-refractivity contribution is 6.30. The fraction of sp³-hybridized carbons (Fsp3) is 0.375. The van der Waals surface area contributed by atoms with Crippen LogP contribution in [0.4, 0.5) is 0 Å². The lowest BCUT2D eigenvalue weighted by atomic mass is 9.78. The van der Waals surface area contributed by atoms with Crippen molar-refractivity contribution in [3.8, 4) is 23.0 Å². The van der Waals surface area contributed by atoms with E-state index in [0.29, 0.717) is 12.2 Å². The third-order valence-corrected chi connectivity index (χ3v) is 6.49. The molecule has 0 unspecified atom stereocenters. The molecule has 9 heteroatoms. The molecule has 0 saturated carbocycles. The van der Waals surface area contributed by atoms with Crippen LogP contribution in [-0.4, -0.2) is 51.8 Å². The number of ketones is 2. The van der Waals surface area contributed by atoms with Crippen LogP contribution in [0.15, 0.2) is 18.2 Å². The van der Waals surface area contributed by atoms with Gasteiger partial charge in [-0.25, -0.2) is 4.79 Å². The summed E-state index contributed by atoms with van der Waals surface area (Å²) < 4.78 is 33.5. The number of benzene rings is 2. The molecular formula is C24H22O9. The third-order valence-electron chi connectivity index (χ3n) is 6.49. The van der Waals surface area contributed by atoms with Crippen LogP contribution in [0.2, 0.25) is 0 Å². The van der Waals surface area contributed by atoms with Gasteiger partial charge in [0, 0.05) is 30.5 Å². The predicted octanol–water partition coefficient (Wildman–Crippen LogP) is 2.78. The minimum absolute atomic E-state index is 0.0168. The maximum absolute atomic E-state index is 13.8. The number of fused-ring (bicyclic) bond motifs is 6. The second-order valence-electron chi connectivity index (χ2n) is 8.27. The molecule has 0 amide bonds. The van der Waals surface area contributed by atoms with Gasteiger partial charge in [-0.1, -0.05) is 0 Å². The summed E-state index contributed by atoms with van der Waals surface area (Å²) in [7, 11) is 5.49. The molecule has 0 radical (unpaired) electrons. The summed E-state index contributed by atoms with van der Waals surface area (Å²) in [6.07, 6.45) is 0.662. The van der Waals surface area contributed by atoms with Gasteiger partial charge < -0.3 is 28.4 Å². The van der Waals surface area contributed by atoms with Crippen LogP contribution in [-0.2, 0) is 19.9 Å². The first-order valence-electron chi connectivity index (χ1n) is 10.3. The predicted molar refractivity (Wildman–Crippen MR) is 112 cm³/mol. The SMILES string of the molecule is COC(=O)[C@@]12CC[C@@](C)(Oc3cc4c(c(OC)c31)C(=O)c1c(OC)cc(OC)cc1C4=O)O2. The monoisotopic (exact) mass is 454 g/mol. The van der Waals surface area contributed by atoms with E-state index in [0.717, 1.165) is 0 Å². The van der Waals surface area contributed by atoms with Gasteiger partial charge in [-0.3, -0.25) is 9.59 Å². The van der Waals surface area contributed by atoms with E-state index in [1.54, 1.807) is 6.92 Å². The lowest BCUT2D eigenvalue weighted by molar-refractivity contribution is -0.228. The molecule has 5 rings (SSSR count). The maximum atomic E-state index is 13.8. The molecule has 2 atom stereocenters. The average Bonchev–Trinajstić information content (AvgIpc) is 3.11. The molecule has 1 aliphatic carbocycles. The number of methoxy groups -OCH3 is 4. The molecule has 2 aliphatic heterocycles. The minimum Gasteiger partial charge on any atom is -0.497 e. The summed E-state index contributed by atoms with van der Waals surface area (Å²) in [5.41, 5.74) is -0.927. The van der Waals surface area contributed by atoms with Gasteiger partial charge in [0.25, 0.3) is 0 Å². The summed E-state index contributed by atoms with van der Waals surface area (Å²) in [5.74, 6) is -1.78. The zero-order chi connectivity index (χ0) is 23.7. The first kappa shape index (κ1) is 21.3. The summed E-state index contributed by atoms with van der Waals surface area (Å²) >= 11 is 0. The summed E-state index contributed by atoms with van der Waals surface area (Å²) in [6, 6.07) is 4.51. The zero-order valence-corrected chi connectivity index (χ0v) is 18.8. The van der Waals surface area contributed by atoms with E-state index < -0.39 is 28.9 Å². The highest BCUT2D eigenvalue weighted by atomic mass is 16.7. The second-order valence-corrected chi connectivity index (χ2v) is 8.27. The van der Waals surface area contributed by atoms with E-state index in [2.05, 4.69) is 0 Å². The molecule has 2 aromatic carbocycles. The highest BCUT2D eigenvalue weighted by Crippen LogP contribution is 2.58. The Bertz CT molecular complexity index is 1250. The Hall–Kier alpha value is -3.59. The van der Waals surface area contributed by atoms with Crippen LogP contribution in [0.5, 0.6) is 23.0 Å². The van der Waals surface area contributed by atoms with Crippen molar-refractivity contribution < 1.29 is 42.8 Å². The summed E-state index contributed by atoms with van der Waals surface area (Å²) in [5, 5.41) is 0. The van der Waals surface area contributed by atoms with E-state index in [4.69, 9.17) is 28.4 Å². The van der Waals surface area contributed by atoms with Gasteiger partial charge in [-0.15, -0.1) is 0 Å². The van der Waals surface area contributed by atoms with Crippen molar-refractivity contribution >= 4 is 17.5 Å². The molecule has 2 heterocycles. The Morgan fingerprint density at radius 2 is 1.64 bits per heavy atom. The fourth-order valence-corrected chi connectivity index (χ4v) is 5.02. The van der Waals surface area contributed by atoms with E-state index in [-0.39, 0.29) is 51.5 Å². The van der Waals surface area contributed by atoms with E-state index in [1.165, 1.54) is 46.6 Å². The Kier molecular flexibility index (Phi) is 4.48. The number of ether oxygens (including phenoxy) is 6. The van der Waals surface area contributed by atoms with Crippen molar-refractivity contribution in [2.45, 2.75) is 31.2 Å². The molecule has 2 aromatic rings. The summed E-state index contributed by atoms with van der Waals surface area (Å²) in [4.78, 5) is 40.3. The van der Waals surface area contributed by atoms with Gasteiger partial charge in [0.15, 0.2) is 5.78 Å². The third kappa shape index (κ3) is 2.65. The van der Waals surface area contributed by atoms with Crippen LogP contribution in [0, 0.1) is 0 Å². The highest BCUT2D eigenvalue weighted by Gasteiger charge is 2.62. The molecular weight excluding hydrogens is 432 g/mol. The number of hydrogen-bond acceptors (Lipinski definition) is 9. The molecule has 0 spiro atoms. The molecule has 2 bridgehead atoms. The summed E-state index contributed by atoms with van der Waals surface area (Å²) in [6.45, 7) is 1.71. The lowest BCUT2D eigenvalue weighted by Crippen LogP contribution is -2.46. The molecule has 33 heavy (non-hydrogen) atoms. The Balaban J connectivity index is 1.83. The van der Waals surface area contributed by atoms with E-state index in [9.17, 15) is 14.4 Å². The quantitative estimate of drug-likeness (QED) is 0.550. The first-order valence-corrected chi connectivity index (χ1v) is 10.3. The van der Waals surface area contributed by atoms with Crippen molar-refractivity contribution in [1.82, 2.24) is 0 Å². The largest absolute Gasteiger partial charge is 0.497 e. The number of carbonyl (C=O) groups is 3. The molecule has 9 nitrogen and oxygen atoms in total. The van der Waals surface area contributed by atoms with Crippen molar-refractivity contribution in [3.05, 3.63) is 46.0 Å². The van der Waals surface area contributed by atoms with Crippen LogP contribution in [0.3, 0.4) is 0 Å². The molecule has 0 aromatic heterocycles. The van der Waals surface area contributed by atoms with Gasteiger partial charge in [-0.05, 0) is 18.6 Å². The van der Waals surface area contributed by atoms with Crippen LogP contribution in [0.25, 0.3) is 0 Å². The molecule has 0 N–H and O–H groups in total.